The quantitative estimate of drug-likeness (QED) is 0.860. The number of benzene rings is 1. The van der Waals surface area contributed by atoms with E-state index in [0.29, 0.717) is 13.1 Å². The van der Waals surface area contributed by atoms with Gasteiger partial charge in [0.15, 0.2) is 0 Å². The van der Waals surface area contributed by atoms with Gasteiger partial charge in [0.1, 0.15) is 0 Å². The van der Waals surface area contributed by atoms with Crippen molar-refractivity contribution in [1.29, 1.82) is 0 Å². The van der Waals surface area contributed by atoms with Crippen LogP contribution in [0.2, 0.25) is 0 Å². The Morgan fingerprint density at radius 2 is 2.00 bits per heavy atom. The van der Waals surface area contributed by atoms with E-state index >= 15 is 0 Å². The fraction of sp³-hybridized carbons (Fsp3) is 0.500. The highest BCUT2D eigenvalue weighted by molar-refractivity contribution is 5.83. The van der Waals surface area contributed by atoms with Crippen molar-refractivity contribution in [2.75, 3.05) is 13.6 Å². The van der Waals surface area contributed by atoms with Gasteiger partial charge in [0.25, 0.3) is 0 Å². The molecule has 1 amide bonds. The first-order chi connectivity index (χ1) is 8.18. The molecule has 92 valence electrons. The molecular weight excluding hydrogens is 212 g/mol. The highest BCUT2D eigenvalue weighted by Gasteiger charge is 2.44. The molecule has 3 nitrogen and oxygen atoms in total. The number of nitrogens with zero attached hydrogens (tertiary/aromatic N) is 1. The lowest BCUT2D eigenvalue weighted by molar-refractivity contribution is -0.145. The molecule has 3 heteroatoms. The van der Waals surface area contributed by atoms with Gasteiger partial charge in [-0.2, -0.15) is 0 Å². The maximum Gasteiger partial charge on any atom is 0.230 e. The van der Waals surface area contributed by atoms with E-state index in [1.54, 1.807) is 4.90 Å². The van der Waals surface area contributed by atoms with E-state index in [1.807, 2.05) is 37.4 Å². The average molecular weight is 232 g/mol. The van der Waals surface area contributed by atoms with Gasteiger partial charge in [-0.3, -0.25) is 4.79 Å². The number of carbonyl (C=O) groups is 1. The van der Waals surface area contributed by atoms with Gasteiger partial charge in [0.05, 0.1) is 5.41 Å². The van der Waals surface area contributed by atoms with Crippen LogP contribution in [-0.2, 0) is 11.3 Å². The molecule has 0 bridgehead atoms. The van der Waals surface area contributed by atoms with Gasteiger partial charge >= 0.3 is 0 Å². The van der Waals surface area contributed by atoms with Crippen LogP contribution in [0.15, 0.2) is 30.3 Å². The third kappa shape index (κ3) is 2.34. The Balaban J connectivity index is 2.00. The van der Waals surface area contributed by atoms with Crippen LogP contribution in [-0.4, -0.2) is 24.4 Å². The third-order valence-electron chi connectivity index (χ3n) is 3.76. The maximum atomic E-state index is 12.3. The topological polar surface area (TPSA) is 46.3 Å². The van der Waals surface area contributed by atoms with Gasteiger partial charge in [0, 0.05) is 20.1 Å². The second-order valence-corrected chi connectivity index (χ2v) is 4.98. The first kappa shape index (κ1) is 12.1. The molecule has 0 unspecified atom stereocenters. The van der Waals surface area contributed by atoms with E-state index in [2.05, 4.69) is 0 Å². The molecule has 17 heavy (non-hydrogen) atoms. The van der Waals surface area contributed by atoms with E-state index in [1.165, 1.54) is 0 Å². The van der Waals surface area contributed by atoms with Crippen molar-refractivity contribution in [2.24, 2.45) is 11.1 Å². The Morgan fingerprint density at radius 1 is 1.35 bits per heavy atom. The Labute approximate surface area is 103 Å². The summed E-state index contributed by atoms with van der Waals surface area (Å²) in [6, 6.07) is 10.1. The minimum atomic E-state index is -0.260. The van der Waals surface area contributed by atoms with E-state index in [9.17, 15) is 4.79 Å². The van der Waals surface area contributed by atoms with E-state index < -0.39 is 0 Å². The number of nitrogens with two attached hydrogens (primary N) is 1. The molecule has 2 N–H and O–H groups in total. The molecule has 0 atom stereocenters. The zero-order chi connectivity index (χ0) is 12.3. The summed E-state index contributed by atoms with van der Waals surface area (Å²) in [6.45, 7) is 1.15. The van der Waals surface area contributed by atoms with E-state index in [4.69, 9.17) is 5.73 Å². The molecule has 1 aliphatic rings. The number of carbonyl (C=O) groups excluding carboxylic acids is 1. The largest absolute Gasteiger partial charge is 0.341 e. The predicted molar refractivity (Wildman–Crippen MR) is 68.3 cm³/mol. The van der Waals surface area contributed by atoms with Gasteiger partial charge < -0.3 is 10.6 Å². The summed E-state index contributed by atoms with van der Waals surface area (Å²) >= 11 is 0. The van der Waals surface area contributed by atoms with Gasteiger partial charge in [-0.25, -0.2) is 0 Å². The molecule has 1 saturated carbocycles. The summed E-state index contributed by atoms with van der Waals surface area (Å²) < 4.78 is 0. The predicted octanol–water partition coefficient (Wildman–Crippen LogP) is 1.77. The second-order valence-electron chi connectivity index (χ2n) is 4.98. The van der Waals surface area contributed by atoms with Crippen molar-refractivity contribution in [3.8, 4) is 0 Å². The number of hydrogen-bond acceptors (Lipinski definition) is 2. The number of hydrogen-bond donors (Lipinski definition) is 1. The lowest BCUT2D eigenvalue weighted by Gasteiger charge is -2.41. The molecule has 1 aromatic carbocycles. The highest BCUT2D eigenvalue weighted by atomic mass is 16.2. The van der Waals surface area contributed by atoms with Gasteiger partial charge in [0.2, 0.25) is 5.91 Å². The highest BCUT2D eigenvalue weighted by Crippen LogP contribution is 2.41. The SMILES string of the molecule is CN(Cc1ccccc1)C(=O)C1(CN)CCC1. The van der Waals surface area contributed by atoms with Crippen LogP contribution in [0, 0.1) is 5.41 Å². The summed E-state index contributed by atoms with van der Waals surface area (Å²) in [5.41, 5.74) is 6.65. The Bertz CT molecular complexity index is 379. The molecule has 2 rings (SSSR count). The monoisotopic (exact) mass is 232 g/mol. The third-order valence-corrected chi connectivity index (χ3v) is 3.76. The molecule has 0 heterocycles. The Hall–Kier alpha value is -1.35. The zero-order valence-corrected chi connectivity index (χ0v) is 10.4. The minimum absolute atomic E-state index is 0.204. The molecule has 0 radical (unpaired) electrons. The van der Waals surface area contributed by atoms with Gasteiger partial charge in [-0.05, 0) is 18.4 Å². The van der Waals surface area contributed by atoms with Crippen molar-refractivity contribution in [2.45, 2.75) is 25.8 Å². The number of amides is 1. The van der Waals surface area contributed by atoms with E-state index in [-0.39, 0.29) is 11.3 Å². The van der Waals surface area contributed by atoms with Crippen LogP contribution in [0.1, 0.15) is 24.8 Å². The van der Waals surface area contributed by atoms with Gasteiger partial charge in [-0.1, -0.05) is 36.8 Å². The van der Waals surface area contributed by atoms with E-state index in [0.717, 1.165) is 24.8 Å². The zero-order valence-electron chi connectivity index (χ0n) is 10.4. The molecule has 0 spiro atoms. The van der Waals surface area contributed by atoms with Crippen LogP contribution < -0.4 is 5.73 Å². The van der Waals surface area contributed by atoms with Crippen molar-refractivity contribution in [3.63, 3.8) is 0 Å². The lowest BCUT2D eigenvalue weighted by atomic mass is 9.68. The normalized spacial score (nSPS) is 17.3. The molecular formula is C14H20N2O. The molecule has 0 aromatic heterocycles. The summed E-state index contributed by atoms with van der Waals surface area (Å²) in [5, 5.41) is 0. The fourth-order valence-corrected chi connectivity index (χ4v) is 2.44. The second kappa shape index (κ2) is 4.88. The first-order valence-corrected chi connectivity index (χ1v) is 6.17. The summed E-state index contributed by atoms with van der Waals surface area (Å²) in [6.07, 6.45) is 3.02. The lowest BCUT2D eigenvalue weighted by Crippen LogP contribution is -2.50. The summed E-state index contributed by atoms with van der Waals surface area (Å²) in [7, 11) is 1.87. The van der Waals surface area contributed by atoms with Crippen LogP contribution >= 0.6 is 0 Å². The average Bonchev–Trinajstić information content (AvgIpc) is 2.29. The maximum absolute atomic E-state index is 12.3. The van der Waals surface area contributed by atoms with Crippen molar-refractivity contribution in [3.05, 3.63) is 35.9 Å². The van der Waals surface area contributed by atoms with Crippen molar-refractivity contribution >= 4 is 5.91 Å². The Morgan fingerprint density at radius 3 is 2.47 bits per heavy atom. The van der Waals surface area contributed by atoms with Crippen LogP contribution in [0.5, 0.6) is 0 Å². The van der Waals surface area contributed by atoms with Crippen LogP contribution in [0.4, 0.5) is 0 Å². The van der Waals surface area contributed by atoms with Crippen molar-refractivity contribution < 1.29 is 4.79 Å². The van der Waals surface area contributed by atoms with Crippen LogP contribution in [0.3, 0.4) is 0 Å². The smallest absolute Gasteiger partial charge is 0.230 e. The number of rotatable bonds is 4. The van der Waals surface area contributed by atoms with Crippen molar-refractivity contribution in [1.82, 2.24) is 4.90 Å². The summed E-state index contributed by atoms with van der Waals surface area (Å²) in [4.78, 5) is 14.1. The molecule has 1 aromatic rings. The van der Waals surface area contributed by atoms with Gasteiger partial charge in [-0.15, -0.1) is 0 Å². The fourth-order valence-electron chi connectivity index (χ4n) is 2.44. The molecule has 1 aliphatic carbocycles. The Kier molecular flexibility index (Phi) is 3.48. The van der Waals surface area contributed by atoms with Crippen LogP contribution in [0.25, 0.3) is 0 Å². The first-order valence-electron chi connectivity index (χ1n) is 6.17. The minimum Gasteiger partial charge on any atom is -0.341 e. The summed E-state index contributed by atoms with van der Waals surface area (Å²) in [5.74, 6) is 0.204. The standard InChI is InChI=1S/C14H20N2O/c1-16(10-12-6-3-2-4-7-12)13(17)14(11-15)8-5-9-14/h2-4,6-7H,5,8-11,15H2,1H3. The molecule has 0 saturated heterocycles. The molecule has 0 aliphatic heterocycles. The molecule has 1 fully saturated rings.